The molecule has 90 valence electrons. The van der Waals surface area contributed by atoms with E-state index in [-0.39, 0.29) is 24.4 Å². The molecule has 0 saturated carbocycles. The maximum atomic E-state index is 11.4. The third-order valence-corrected chi connectivity index (χ3v) is 2.82. The van der Waals surface area contributed by atoms with Crippen molar-refractivity contribution in [3.8, 4) is 0 Å². The van der Waals surface area contributed by atoms with Gasteiger partial charge < -0.3 is 11.1 Å². The number of halogens is 2. The SMILES string of the molecule is Cc1ccc(NC(=O)CC(C)N)cc1Br.Cl. The molecule has 0 heterocycles. The van der Waals surface area contributed by atoms with Gasteiger partial charge in [-0.1, -0.05) is 22.0 Å². The van der Waals surface area contributed by atoms with Gasteiger partial charge >= 0.3 is 0 Å². The quantitative estimate of drug-likeness (QED) is 0.902. The molecule has 3 nitrogen and oxygen atoms in total. The molecule has 1 aromatic rings. The summed E-state index contributed by atoms with van der Waals surface area (Å²) in [7, 11) is 0. The monoisotopic (exact) mass is 306 g/mol. The van der Waals surface area contributed by atoms with Gasteiger partial charge in [0.15, 0.2) is 0 Å². The Labute approximate surface area is 110 Å². The zero-order valence-corrected chi connectivity index (χ0v) is 11.7. The molecule has 16 heavy (non-hydrogen) atoms. The van der Waals surface area contributed by atoms with Crippen LogP contribution in [0.4, 0.5) is 5.69 Å². The molecule has 0 bridgehead atoms. The average Bonchev–Trinajstić information content (AvgIpc) is 2.10. The highest BCUT2D eigenvalue weighted by atomic mass is 79.9. The zero-order chi connectivity index (χ0) is 11.4. The Bertz CT molecular complexity index is 369. The van der Waals surface area contributed by atoms with E-state index in [1.807, 2.05) is 32.0 Å². The van der Waals surface area contributed by atoms with Crippen molar-refractivity contribution in [2.24, 2.45) is 5.73 Å². The number of benzene rings is 1. The predicted octanol–water partition coefficient (Wildman–Crippen LogP) is 2.86. The number of rotatable bonds is 3. The minimum atomic E-state index is -0.112. The van der Waals surface area contributed by atoms with Crippen LogP contribution in [0.5, 0.6) is 0 Å². The Morgan fingerprint density at radius 3 is 2.69 bits per heavy atom. The smallest absolute Gasteiger partial charge is 0.225 e. The molecular weight excluding hydrogens is 291 g/mol. The summed E-state index contributed by atoms with van der Waals surface area (Å²) in [6, 6.07) is 5.60. The van der Waals surface area contributed by atoms with Crippen LogP contribution in [0, 0.1) is 6.92 Å². The number of nitrogens with two attached hydrogens (primary N) is 1. The molecule has 1 atom stereocenters. The number of hydrogen-bond acceptors (Lipinski definition) is 2. The second kappa shape index (κ2) is 6.89. The molecular formula is C11H16BrClN2O. The topological polar surface area (TPSA) is 55.1 Å². The molecule has 1 rings (SSSR count). The summed E-state index contributed by atoms with van der Waals surface area (Å²) in [6.45, 7) is 3.81. The minimum absolute atomic E-state index is 0. The van der Waals surface area contributed by atoms with Crippen molar-refractivity contribution >= 4 is 39.9 Å². The van der Waals surface area contributed by atoms with E-state index in [9.17, 15) is 4.79 Å². The maximum Gasteiger partial charge on any atom is 0.225 e. The second-order valence-corrected chi connectivity index (χ2v) is 4.55. The van der Waals surface area contributed by atoms with Crippen LogP contribution < -0.4 is 11.1 Å². The van der Waals surface area contributed by atoms with Crippen LogP contribution >= 0.6 is 28.3 Å². The average molecular weight is 308 g/mol. The van der Waals surface area contributed by atoms with Crippen molar-refractivity contribution in [1.82, 2.24) is 0 Å². The lowest BCUT2D eigenvalue weighted by Gasteiger charge is -2.08. The lowest BCUT2D eigenvalue weighted by atomic mass is 10.2. The van der Waals surface area contributed by atoms with Gasteiger partial charge in [0.1, 0.15) is 0 Å². The van der Waals surface area contributed by atoms with E-state index in [2.05, 4.69) is 21.2 Å². The highest BCUT2D eigenvalue weighted by Gasteiger charge is 2.05. The first-order chi connectivity index (χ1) is 6.99. The largest absolute Gasteiger partial charge is 0.327 e. The summed E-state index contributed by atoms with van der Waals surface area (Å²) in [5, 5.41) is 2.79. The number of amides is 1. The van der Waals surface area contributed by atoms with Gasteiger partial charge in [-0.2, -0.15) is 0 Å². The van der Waals surface area contributed by atoms with Crippen LogP contribution in [-0.2, 0) is 4.79 Å². The Kier molecular flexibility index (Phi) is 6.64. The Morgan fingerprint density at radius 1 is 1.56 bits per heavy atom. The molecule has 0 fully saturated rings. The first-order valence-corrected chi connectivity index (χ1v) is 5.60. The standard InChI is InChI=1S/C11H15BrN2O.ClH/c1-7-3-4-9(6-10(7)12)14-11(15)5-8(2)13;/h3-4,6,8H,5,13H2,1-2H3,(H,14,15);1H. The molecule has 0 spiro atoms. The van der Waals surface area contributed by atoms with Crippen molar-refractivity contribution < 1.29 is 4.79 Å². The summed E-state index contributed by atoms with van der Waals surface area (Å²) < 4.78 is 0.987. The Balaban J connectivity index is 0.00000225. The number of carbonyl (C=O) groups excluding carboxylic acids is 1. The predicted molar refractivity (Wildman–Crippen MR) is 73.0 cm³/mol. The summed E-state index contributed by atoms with van der Waals surface area (Å²) in [6.07, 6.45) is 0.339. The molecule has 0 aliphatic carbocycles. The number of anilines is 1. The molecule has 0 aliphatic rings. The van der Waals surface area contributed by atoms with E-state index >= 15 is 0 Å². The normalized spacial score (nSPS) is 11.5. The first-order valence-electron chi connectivity index (χ1n) is 4.80. The lowest BCUT2D eigenvalue weighted by molar-refractivity contribution is -0.116. The van der Waals surface area contributed by atoms with Gasteiger partial charge in [-0.3, -0.25) is 4.79 Å². The molecule has 0 radical (unpaired) electrons. The van der Waals surface area contributed by atoms with Gasteiger partial charge in [-0.15, -0.1) is 12.4 Å². The Hall–Kier alpha value is -0.580. The van der Waals surface area contributed by atoms with Crippen LogP contribution in [0.1, 0.15) is 18.9 Å². The van der Waals surface area contributed by atoms with Crippen molar-refractivity contribution in [3.63, 3.8) is 0 Å². The van der Waals surface area contributed by atoms with Gasteiger partial charge in [0.05, 0.1) is 0 Å². The highest BCUT2D eigenvalue weighted by molar-refractivity contribution is 9.10. The van der Waals surface area contributed by atoms with Crippen LogP contribution in [0.2, 0.25) is 0 Å². The molecule has 5 heteroatoms. The first kappa shape index (κ1) is 15.4. The summed E-state index contributed by atoms with van der Waals surface area (Å²) in [5.74, 6) is -0.0549. The molecule has 0 aliphatic heterocycles. The highest BCUT2D eigenvalue weighted by Crippen LogP contribution is 2.20. The van der Waals surface area contributed by atoms with Gasteiger partial charge in [0.2, 0.25) is 5.91 Å². The van der Waals surface area contributed by atoms with Gasteiger partial charge in [-0.25, -0.2) is 0 Å². The van der Waals surface area contributed by atoms with Gasteiger partial charge in [-0.05, 0) is 31.5 Å². The summed E-state index contributed by atoms with van der Waals surface area (Å²) in [4.78, 5) is 11.4. The fourth-order valence-corrected chi connectivity index (χ4v) is 1.55. The van der Waals surface area contributed by atoms with Crippen LogP contribution in [0.25, 0.3) is 0 Å². The third kappa shape index (κ3) is 4.96. The fraction of sp³-hybridized carbons (Fsp3) is 0.364. The van der Waals surface area contributed by atoms with E-state index in [0.29, 0.717) is 6.42 Å². The Morgan fingerprint density at radius 2 is 2.19 bits per heavy atom. The summed E-state index contributed by atoms with van der Waals surface area (Å²) >= 11 is 3.41. The zero-order valence-electron chi connectivity index (χ0n) is 9.29. The molecule has 1 amide bonds. The second-order valence-electron chi connectivity index (χ2n) is 3.69. The lowest BCUT2D eigenvalue weighted by Crippen LogP contribution is -2.23. The summed E-state index contributed by atoms with van der Waals surface area (Å²) in [5.41, 5.74) is 7.46. The van der Waals surface area contributed by atoms with Crippen LogP contribution in [0.3, 0.4) is 0 Å². The molecule has 3 N–H and O–H groups in total. The van der Waals surface area contributed by atoms with E-state index in [0.717, 1.165) is 15.7 Å². The van der Waals surface area contributed by atoms with E-state index in [1.54, 1.807) is 0 Å². The minimum Gasteiger partial charge on any atom is -0.327 e. The number of aryl methyl sites for hydroxylation is 1. The molecule has 0 aromatic heterocycles. The molecule has 0 saturated heterocycles. The van der Waals surface area contributed by atoms with E-state index in [4.69, 9.17) is 5.73 Å². The van der Waals surface area contributed by atoms with E-state index in [1.165, 1.54) is 0 Å². The van der Waals surface area contributed by atoms with Crippen molar-refractivity contribution in [1.29, 1.82) is 0 Å². The molecule has 1 unspecified atom stereocenters. The van der Waals surface area contributed by atoms with Crippen molar-refractivity contribution in [3.05, 3.63) is 28.2 Å². The van der Waals surface area contributed by atoms with E-state index < -0.39 is 0 Å². The van der Waals surface area contributed by atoms with Crippen molar-refractivity contribution in [2.75, 3.05) is 5.32 Å². The number of hydrogen-bond donors (Lipinski definition) is 2. The number of carbonyl (C=O) groups is 1. The van der Waals surface area contributed by atoms with Gasteiger partial charge in [0.25, 0.3) is 0 Å². The van der Waals surface area contributed by atoms with Crippen molar-refractivity contribution in [2.45, 2.75) is 26.3 Å². The van der Waals surface area contributed by atoms with Crippen LogP contribution in [0.15, 0.2) is 22.7 Å². The molecule has 1 aromatic carbocycles. The maximum absolute atomic E-state index is 11.4. The van der Waals surface area contributed by atoms with Crippen LogP contribution in [-0.4, -0.2) is 11.9 Å². The number of nitrogens with one attached hydrogen (secondary N) is 1. The van der Waals surface area contributed by atoms with Gasteiger partial charge in [0, 0.05) is 22.6 Å². The fourth-order valence-electron chi connectivity index (χ4n) is 1.18. The third-order valence-electron chi connectivity index (χ3n) is 1.96.